The Bertz CT molecular complexity index is 341. The highest BCUT2D eigenvalue weighted by atomic mass is 32.2. The van der Waals surface area contributed by atoms with Crippen LogP contribution in [-0.4, -0.2) is 50.5 Å². The Balaban J connectivity index is 1.97. The minimum absolute atomic E-state index is 0.130. The van der Waals surface area contributed by atoms with Crippen molar-refractivity contribution in [3.05, 3.63) is 0 Å². The van der Waals surface area contributed by atoms with E-state index in [0.717, 1.165) is 13.1 Å². The third-order valence-corrected chi connectivity index (χ3v) is 5.19. The Morgan fingerprint density at radius 2 is 1.81 bits per heavy atom. The molecule has 4 atom stereocenters. The van der Waals surface area contributed by atoms with Crippen molar-refractivity contribution in [1.29, 1.82) is 0 Å². The third-order valence-electron chi connectivity index (χ3n) is 4.10. The highest BCUT2D eigenvalue weighted by Crippen LogP contribution is 2.36. The maximum atomic E-state index is 11.3. The average Bonchev–Trinajstić information content (AvgIpc) is 2.38. The fraction of sp³-hybridized carbons (Fsp3) is 1.00. The molecule has 0 aromatic rings. The van der Waals surface area contributed by atoms with Gasteiger partial charge < -0.3 is 5.73 Å². The van der Waals surface area contributed by atoms with Gasteiger partial charge in [0.1, 0.15) is 9.84 Å². The summed E-state index contributed by atoms with van der Waals surface area (Å²) in [5.74, 6) is 1.43. The molecule has 2 aliphatic rings. The predicted molar refractivity (Wildman–Crippen MR) is 64.9 cm³/mol. The number of hydrogen-bond donors (Lipinski definition) is 1. The van der Waals surface area contributed by atoms with Gasteiger partial charge in [0, 0.05) is 31.4 Å². The van der Waals surface area contributed by atoms with Crippen molar-refractivity contribution in [1.82, 2.24) is 4.90 Å². The smallest absolute Gasteiger partial charge is 0.148 e. The molecular formula is C11H22N2O2S. The molecule has 2 rings (SSSR count). The minimum atomic E-state index is -2.87. The standard InChI is InChI=1S/C11H22N2O2S/c1-8(7-16(2,14)15)13-5-9-3-4-10(6-13)11(9)12/h8-11H,3-7,12H2,1-2H3/t8?,9-,10+,11?. The van der Waals surface area contributed by atoms with Crippen molar-refractivity contribution in [2.24, 2.45) is 17.6 Å². The molecule has 2 bridgehead atoms. The summed E-state index contributed by atoms with van der Waals surface area (Å²) in [7, 11) is -2.87. The molecule has 1 saturated heterocycles. The van der Waals surface area contributed by atoms with Crippen LogP contribution >= 0.6 is 0 Å². The first-order valence-electron chi connectivity index (χ1n) is 6.04. The normalized spacial score (nSPS) is 37.6. The first-order valence-corrected chi connectivity index (χ1v) is 8.10. The number of nitrogens with zero attached hydrogens (tertiary/aromatic N) is 1. The molecule has 1 heterocycles. The molecule has 0 aromatic heterocycles. The summed E-state index contributed by atoms with van der Waals surface area (Å²) in [4.78, 5) is 2.31. The van der Waals surface area contributed by atoms with Gasteiger partial charge in [0.15, 0.2) is 0 Å². The summed E-state index contributed by atoms with van der Waals surface area (Å²) >= 11 is 0. The van der Waals surface area contributed by atoms with Crippen molar-refractivity contribution in [2.75, 3.05) is 25.1 Å². The van der Waals surface area contributed by atoms with Gasteiger partial charge in [0.05, 0.1) is 5.75 Å². The lowest BCUT2D eigenvalue weighted by Gasteiger charge is -2.39. The largest absolute Gasteiger partial charge is 0.327 e. The Morgan fingerprint density at radius 3 is 2.25 bits per heavy atom. The lowest BCUT2D eigenvalue weighted by Crippen LogP contribution is -2.52. The molecule has 0 radical (unpaired) electrons. The number of hydrogen-bond acceptors (Lipinski definition) is 4. The van der Waals surface area contributed by atoms with E-state index in [0.29, 0.717) is 17.9 Å². The molecule has 1 aliphatic heterocycles. The van der Waals surface area contributed by atoms with Gasteiger partial charge in [-0.05, 0) is 31.6 Å². The van der Waals surface area contributed by atoms with E-state index in [-0.39, 0.29) is 11.8 Å². The van der Waals surface area contributed by atoms with E-state index in [1.165, 1.54) is 19.1 Å². The van der Waals surface area contributed by atoms with Crippen LogP contribution in [-0.2, 0) is 9.84 Å². The summed E-state index contributed by atoms with van der Waals surface area (Å²) in [5.41, 5.74) is 6.13. The number of sulfone groups is 1. The van der Waals surface area contributed by atoms with Gasteiger partial charge in [-0.3, -0.25) is 4.90 Å². The maximum Gasteiger partial charge on any atom is 0.148 e. The highest BCUT2D eigenvalue weighted by Gasteiger charge is 2.41. The van der Waals surface area contributed by atoms with Gasteiger partial charge in [-0.1, -0.05) is 0 Å². The number of likely N-dealkylation sites (tertiary alicyclic amines) is 1. The second kappa shape index (κ2) is 4.27. The molecule has 1 aliphatic carbocycles. The Morgan fingerprint density at radius 1 is 1.31 bits per heavy atom. The number of fused-ring (bicyclic) bond motifs is 2. The van der Waals surface area contributed by atoms with E-state index in [4.69, 9.17) is 5.73 Å². The van der Waals surface area contributed by atoms with Crippen LogP contribution < -0.4 is 5.73 Å². The molecule has 0 amide bonds. The van der Waals surface area contributed by atoms with Crippen LogP contribution in [0.2, 0.25) is 0 Å². The number of rotatable bonds is 3. The van der Waals surface area contributed by atoms with E-state index in [9.17, 15) is 8.42 Å². The van der Waals surface area contributed by atoms with Crippen molar-refractivity contribution in [3.63, 3.8) is 0 Å². The average molecular weight is 246 g/mol. The fourth-order valence-electron chi connectivity index (χ4n) is 3.20. The van der Waals surface area contributed by atoms with E-state index in [1.807, 2.05) is 6.92 Å². The number of piperidine rings is 1. The van der Waals surface area contributed by atoms with Crippen LogP contribution in [0.5, 0.6) is 0 Å². The second-order valence-corrected chi connectivity index (χ2v) is 7.76. The zero-order valence-corrected chi connectivity index (χ0v) is 10.9. The molecular weight excluding hydrogens is 224 g/mol. The Hall–Kier alpha value is -0.130. The minimum Gasteiger partial charge on any atom is -0.327 e. The van der Waals surface area contributed by atoms with E-state index >= 15 is 0 Å². The monoisotopic (exact) mass is 246 g/mol. The highest BCUT2D eigenvalue weighted by molar-refractivity contribution is 7.90. The SMILES string of the molecule is CC(CS(C)(=O)=O)N1C[C@H]2CC[C@@H](C1)C2N. The summed E-state index contributed by atoms with van der Waals surface area (Å²) in [6.45, 7) is 3.97. The van der Waals surface area contributed by atoms with Crippen molar-refractivity contribution < 1.29 is 8.42 Å². The zero-order chi connectivity index (χ0) is 11.9. The van der Waals surface area contributed by atoms with Crippen LogP contribution in [0.25, 0.3) is 0 Å². The van der Waals surface area contributed by atoms with Crippen LogP contribution in [0.4, 0.5) is 0 Å². The molecule has 94 valence electrons. The molecule has 1 saturated carbocycles. The summed E-state index contributed by atoms with van der Waals surface area (Å²) in [6, 6.07) is 0.479. The van der Waals surface area contributed by atoms with E-state index in [2.05, 4.69) is 4.90 Å². The zero-order valence-electron chi connectivity index (χ0n) is 10.1. The fourth-order valence-corrected chi connectivity index (χ4v) is 4.29. The van der Waals surface area contributed by atoms with Gasteiger partial charge in [-0.15, -0.1) is 0 Å². The lowest BCUT2D eigenvalue weighted by molar-refractivity contribution is 0.118. The summed E-state index contributed by atoms with van der Waals surface area (Å²) in [5, 5.41) is 0. The van der Waals surface area contributed by atoms with Crippen LogP contribution in [0.15, 0.2) is 0 Å². The van der Waals surface area contributed by atoms with Crippen molar-refractivity contribution in [2.45, 2.75) is 31.8 Å². The molecule has 16 heavy (non-hydrogen) atoms. The van der Waals surface area contributed by atoms with E-state index in [1.54, 1.807) is 0 Å². The topological polar surface area (TPSA) is 63.4 Å². The van der Waals surface area contributed by atoms with Crippen molar-refractivity contribution >= 4 is 9.84 Å². The van der Waals surface area contributed by atoms with Gasteiger partial charge in [-0.2, -0.15) is 0 Å². The van der Waals surface area contributed by atoms with Gasteiger partial charge in [0.25, 0.3) is 0 Å². The van der Waals surface area contributed by atoms with Gasteiger partial charge >= 0.3 is 0 Å². The maximum absolute atomic E-state index is 11.3. The molecule has 2 N–H and O–H groups in total. The van der Waals surface area contributed by atoms with E-state index < -0.39 is 9.84 Å². The van der Waals surface area contributed by atoms with Crippen LogP contribution in [0.1, 0.15) is 19.8 Å². The number of nitrogens with two attached hydrogens (primary N) is 1. The molecule has 0 spiro atoms. The Kier molecular flexibility index (Phi) is 3.29. The van der Waals surface area contributed by atoms with Gasteiger partial charge in [-0.25, -0.2) is 8.42 Å². The van der Waals surface area contributed by atoms with Gasteiger partial charge in [0.2, 0.25) is 0 Å². The first kappa shape index (κ1) is 12.3. The molecule has 5 heteroatoms. The summed E-state index contributed by atoms with van der Waals surface area (Å²) in [6.07, 6.45) is 3.75. The lowest BCUT2D eigenvalue weighted by atomic mass is 9.92. The second-order valence-electron chi connectivity index (χ2n) is 5.57. The van der Waals surface area contributed by atoms with Crippen LogP contribution in [0, 0.1) is 11.8 Å². The molecule has 2 fully saturated rings. The first-order chi connectivity index (χ1) is 7.37. The predicted octanol–water partition coefficient (Wildman–Crippen LogP) is 0.0886. The summed E-state index contributed by atoms with van der Waals surface area (Å²) < 4.78 is 22.6. The molecule has 4 nitrogen and oxygen atoms in total. The third kappa shape index (κ3) is 2.57. The molecule has 2 unspecified atom stereocenters. The molecule has 0 aromatic carbocycles. The van der Waals surface area contributed by atoms with Crippen LogP contribution in [0.3, 0.4) is 0 Å². The quantitative estimate of drug-likeness (QED) is 0.766. The Labute approximate surface area is 98.1 Å². The van der Waals surface area contributed by atoms with Crippen molar-refractivity contribution in [3.8, 4) is 0 Å².